The number of hydrogen-bond acceptors (Lipinski definition) is 4. The van der Waals surface area contributed by atoms with E-state index in [-0.39, 0.29) is 21.2 Å². The van der Waals surface area contributed by atoms with Gasteiger partial charge >= 0.3 is 0 Å². The molecule has 0 fully saturated rings. The highest BCUT2D eigenvalue weighted by Crippen LogP contribution is 2.30. The van der Waals surface area contributed by atoms with Crippen LogP contribution in [0, 0.1) is 17.0 Å². The first-order chi connectivity index (χ1) is 7.67. The van der Waals surface area contributed by atoms with Gasteiger partial charge in [0.15, 0.2) is 0 Å². The zero-order chi connectivity index (χ0) is 13.4. The van der Waals surface area contributed by atoms with Crippen molar-refractivity contribution >= 4 is 27.3 Å². The molecule has 94 valence electrons. The zero-order valence-electron chi connectivity index (χ0n) is 9.47. The topological polar surface area (TPSA) is 80.5 Å². The van der Waals surface area contributed by atoms with Gasteiger partial charge in [-0.1, -0.05) is 11.6 Å². The Morgan fingerprint density at radius 2 is 1.88 bits per heavy atom. The van der Waals surface area contributed by atoms with E-state index in [0.717, 1.165) is 16.4 Å². The quantitative estimate of drug-likeness (QED) is 0.624. The van der Waals surface area contributed by atoms with Crippen LogP contribution in [0.2, 0.25) is 5.02 Å². The molecule has 6 nitrogen and oxygen atoms in total. The van der Waals surface area contributed by atoms with E-state index in [1.54, 1.807) is 0 Å². The molecule has 8 heteroatoms. The van der Waals surface area contributed by atoms with Crippen LogP contribution in [0.5, 0.6) is 0 Å². The number of nitrogens with zero attached hydrogens (tertiary/aromatic N) is 2. The van der Waals surface area contributed by atoms with E-state index in [1.165, 1.54) is 21.0 Å². The number of nitro benzene ring substituents is 1. The predicted molar refractivity (Wildman–Crippen MR) is 63.7 cm³/mol. The molecule has 0 radical (unpaired) electrons. The summed E-state index contributed by atoms with van der Waals surface area (Å²) in [5.41, 5.74) is -0.0170. The summed E-state index contributed by atoms with van der Waals surface area (Å²) < 4.78 is 24.8. The standard InChI is InChI=1S/C9H11ClN2O4S/c1-6-4-8(12(13)14)7(10)5-9(6)17(15,16)11(2)3/h4-5H,1-3H3. The summed E-state index contributed by atoms with van der Waals surface area (Å²) in [5.74, 6) is 0. The van der Waals surface area contributed by atoms with Gasteiger partial charge in [0.05, 0.1) is 9.82 Å². The average molecular weight is 279 g/mol. The number of sulfonamides is 1. The van der Waals surface area contributed by atoms with E-state index in [0.29, 0.717) is 0 Å². The fourth-order valence-corrected chi connectivity index (χ4v) is 2.69. The van der Waals surface area contributed by atoms with Gasteiger partial charge in [0, 0.05) is 20.2 Å². The predicted octanol–water partition coefficient (Wildman–Crippen LogP) is 1.81. The van der Waals surface area contributed by atoms with Crippen molar-refractivity contribution in [3.8, 4) is 0 Å². The summed E-state index contributed by atoms with van der Waals surface area (Å²) in [7, 11) is -0.888. The third-order valence-corrected chi connectivity index (χ3v) is 4.46. The van der Waals surface area contributed by atoms with Crippen LogP contribution in [0.15, 0.2) is 17.0 Å². The van der Waals surface area contributed by atoms with Crippen molar-refractivity contribution in [1.82, 2.24) is 4.31 Å². The van der Waals surface area contributed by atoms with E-state index in [4.69, 9.17) is 11.6 Å². The van der Waals surface area contributed by atoms with Crippen molar-refractivity contribution in [2.45, 2.75) is 11.8 Å². The SMILES string of the molecule is Cc1cc([N+](=O)[O-])c(Cl)cc1S(=O)(=O)N(C)C. The van der Waals surface area contributed by atoms with Crippen LogP contribution in [-0.4, -0.2) is 31.7 Å². The minimum absolute atomic E-state index is 0.0295. The van der Waals surface area contributed by atoms with Crippen LogP contribution in [0.1, 0.15) is 5.56 Å². The number of benzene rings is 1. The van der Waals surface area contributed by atoms with Crippen molar-refractivity contribution < 1.29 is 13.3 Å². The Morgan fingerprint density at radius 1 is 1.35 bits per heavy atom. The molecular weight excluding hydrogens is 268 g/mol. The summed E-state index contributed by atoms with van der Waals surface area (Å²) in [5, 5.41) is 10.4. The van der Waals surface area contributed by atoms with Gasteiger partial charge < -0.3 is 0 Å². The van der Waals surface area contributed by atoms with Crippen LogP contribution >= 0.6 is 11.6 Å². The van der Waals surface area contributed by atoms with Crippen molar-refractivity contribution in [2.75, 3.05) is 14.1 Å². The highest BCUT2D eigenvalue weighted by molar-refractivity contribution is 7.89. The molecule has 17 heavy (non-hydrogen) atoms. The Hall–Kier alpha value is -1.18. The lowest BCUT2D eigenvalue weighted by molar-refractivity contribution is -0.384. The van der Waals surface area contributed by atoms with Crippen molar-refractivity contribution in [3.63, 3.8) is 0 Å². The lowest BCUT2D eigenvalue weighted by Gasteiger charge is -2.13. The molecule has 1 aromatic carbocycles. The highest BCUT2D eigenvalue weighted by atomic mass is 35.5. The van der Waals surface area contributed by atoms with Gasteiger partial charge in [-0.05, 0) is 18.6 Å². The Labute approximate surface area is 104 Å². The molecule has 0 N–H and O–H groups in total. The van der Waals surface area contributed by atoms with Gasteiger partial charge in [0.25, 0.3) is 5.69 Å². The summed E-state index contributed by atoms with van der Waals surface area (Å²) >= 11 is 5.68. The second-order valence-corrected chi connectivity index (χ2v) is 6.14. The maximum absolute atomic E-state index is 11.9. The van der Waals surface area contributed by atoms with Crippen molar-refractivity contribution in [1.29, 1.82) is 0 Å². The normalized spacial score (nSPS) is 11.8. The Bertz CT molecular complexity index is 569. The number of rotatable bonds is 3. The monoisotopic (exact) mass is 278 g/mol. The first-order valence-electron chi connectivity index (χ1n) is 4.55. The second-order valence-electron chi connectivity index (χ2n) is 3.61. The van der Waals surface area contributed by atoms with Gasteiger partial charge in [0.2, 0.25) is 10.0 Å². The summed E-state index contributed by atoms with van der Waals surface area (Å²) in [4.78, 5) is 9.95. The van der Waals surface area contributed by atoms with Crippen LogP contribution in [0.3, 0.4) is 0 Å². The van der Waals surface area contributed by atoms with E-state index >= 15 is 0 Å². The fourth-order valence-electron chi connectivity index (χ4n) is 1.26. The van der Waals surface area contributed by atoms with E-state index in [2.05, 4.69) is 0 Å². The van der Waals surface area contributed by atoms with Crippen LogP contribution in [0.4, 0.5) is 5.69 Å². The van der Waals surface area contributed by atoms with E-state index in [9.17, 15) is 18.5 Å². The lowest BCUT2D eigenvalue weighted by Crippen LogP contribution is -2.23. The summed E-state index contributed by atoms with van der Waals surface area (Å²) in [6.07, 6.45) is 0. The molecule has 1 aromatic rings. The number of hydrogen-bond donors (Lipinski definition) is 0. The molecule has 0 aliphatic heterocycles. The molecule has 0 saturated heterocycles. The summed E-state index contributed by atoms with van der Waals surface area (Å²) in [6, 6.07) is 2.25. The molecule has 0 heterocycles. The highest BCUT2D eigenvalue weighted by Gasteiger charge is 2.24. The molecule has 0 aliphatic rings. The maximum Gasteiger partial charge on any atom is 0.288 e. The summed E-state index contributed by atoms with van der Waals surface area (Å²) in [6.45, 7) is 1.49. The van der Waals surface area contributed by atoms with Crippen LogP contribution in [-0.2, 0) is 10.0 Å². The molecular formula is C9H11ClN2O4S. The van der Waals surface area contributed by atoms with Gasteiger partial charge in [-0.3, -0.25) is 10.1 Å². The Kier molecular flexibility index (Phi) is 3.75. The molecule has 0 aliphatic carbocycles. The lowest BCUT2D eigenvalue weighted by atomic mass is 10.2. The molecule has 0 saturated carbocycles. The minimum atomic E-state index is -3.65. The third-order valence-electron chi connectivity index (χ3n) is 2.20. The molecule has 0 atom stereocenters. The van der Waals surface area contributed by atoms with Gasteiger partial charge in [-0.25, -0.2) is 12.7 Å². The molecule has 0 amide bonds. The Balaban J connectivity index is 3.51. The number of halogens is 1. The zero-order valence-corrected chi connectivity index (χ0v) is 11.0. The Morgan fingerprint density at radius 3 is 2.29 bits per heavy atom. The molecule has 0 bridgehead atoms. The van der Waals surface area contributed by atoms with Crippen LogP contribution in [0.25, 0.3) is 0 Å². The molecule has 0 spiro atoms. The van der Waals surface area contributed by atoms with E-state index < -0.39 is 14.9 Å². The minimum Gasteiger partial charge on any atom is -0.258 e. The largest absolute Gasteiger partial charge is 0.288 e. The van der Waals surface area contributed by atoms with Gasteiger partial charge in [-0.2, -0.15) is 0 Å². The maximum atomic E-state index is 11.9. The van der Waals surface area contributed by atoms with Crippen LogP contribution < -0.4 is 0 Å². The molecule has 0 unspecified atom stereocenters. The molecule has 0 aromatic heterocycles. The third kappa shape index (κ3) is 2.56. The molecule has 1 rings (SSSR count). The number of aryl methyl sites for hydroxylation is 1. The van der Waals surface area contributed by atoms with Gasteiger partial charge in [0.1, 0.15) is 5.02 Å². The van der Waals surface area contributed by atoms with Gasteiger partial charge in [-0.15, -0.1) is 0 Å². The second kappa shape index (κ2) is 4.59. The first-order valence-corrected chi connectivity index (χ1v) is 6.36. The van der Waals surface area contributed by atoms with Crippen molar-refractivity contribution in [2.24, 2.45) is 0 Å². The van der Waals surface area contributed by atoms with Crippen molar-refractivity contribution in [3.05, 3.63) is 32.8 Å². The first kappa shape index (κ1) is 13.9. The fraction of sp³-hybridized carbons (Fsp3) is 0.333. The number of nitro groups is 1. The van der Waals surface area contributed by atoms with E-state index in [1.807, 2.05) is 0 Å². The average Bonchev–Trinajstić information content (AvgIpc) is 2.20. The smallest absolute Gasteiger partial charge is 0.258 e.